The van der Waals surface area contributed by atoms with Crippen molar-refractivity contribution in [2.45, 2.75) is 50.2 Å². The maximum atomic E-state index is 13.3. The molecule has 2 fully saturated rings. The number of amides is 1. The number of oxazole rings is 1. The lowest BCUT2D eigenvalue weighted by Crippen LogP contribution is -2.58. The SMILES string of the molecule is CC(NC(=O)c1coc(C2CCOCC2)n1)(C1CC1)C(F)(F)F. The first-order valence-electron chi connectivity index (χ1n) is 7.73. The van der Waals surface area contributed by atoms with E-state index in [1.165, 1.54) is 0 Å². The number of rotatable bonds is 4. The van der Waals surface area contributed by atoms with Gasteiger partial charge in [0.15, 0.2) is 11.6 Å². The molecule has 128 valence electrons. The molecule has 1 saturated carbocycles. The van der Waals surface area contributed by atoms with Crippen LogP contribution in [0.15, 0.2) is 10.7 Å². The minimum absolute atomic E-state index is 0.0442. The van der Waals surface area contributed by atoms with Crippen molar-refractivity contribution in [3.05, 3.63) is 17.8 Å². The van der Waals surface area contributed by atoms with Gasteiger partial charge in [-0.05, 0) is 38.5 Å². The first-order valence-corrected chi connectivity index (χ1v) is 7.73. The molecule has 0 radical (unpaired) electrons. The molecule has 1 aromatic heterocycles. The van der Waals surface area contributed by atoms with Gasteiger partial charge in [0.25, 0.3) is 5.91 Å². The zero-order chi connectivity index (χ0) is 16.7. The van der Waals surface area contributed by atoms with Gasteiger partial charge < -0.3 is 14.5 Å². The highest BCUT2D eigenvalue weighted by Crippen LogP contribution is 2.48. The van der Waals surface area contributed by atoms with Crippen molar-refractivity contribution in [1.29, 1.82) is 0 Å². The average Bonchev–Trinajstić information content (AvgIpc) is 3.24. The van der Waals surface area contributed by atoms with Crippen molar-refractivity contribution in [2.75, 3.05) is 13.2 Å². The van der Waals surface area contributed by atoms with Crippen LogP contribution in [0.4, 0.5) is 13.2 Å². The van der Waals surface area contributed by atoms with E-state index in [-0.39, 0.29) is 11.6 Å². The Morgan fingerprint density at radius 2 is 1.91 bits per heavy atom. The van der Waals surface area contributed by atoms with Gasteiger partial charge in [0.05, 0.1) is 0 Å². The summed E-state index contributed by atoms with van der Waals surface area (Å²) in [6.45, 7) is 2.20. The minimum Gasteiger partial charge on any atom is -0.448 e. The van der Waals surface area contributed by atoms with E-state index in [1.54, 1.807) is 0 Å². The molecule has 1 atom stereocenters. The third kappa shape index (κ3) is 3.22. The number of halogens is 3. The Morgan fingerprint density at radius 3 is 2.48 bits per heavy atom. The number of hydrogen-bond acceptors (Lipinski definition) is 4. The van der Waals surface area contributed by atoms with Crippen molar-refractivity contribution < 1.29 is 27.1 Å². The van der Waals surface area contributed by atoms with Crippen LogP contribution in [0.5, 0.6) is 0 Å². The zero-order valence-electron chi connectivity index (χ0n) is 12.8. The monoisotopic (exact) mass is 332 g/mol. The Kier molecular flexibility index (Phi) is 4.12. The molecule has 2 aliphatic rings. The number of nitrogens with one attached hydrogen (secondary N) is 1. The predicted molar refractivity (Wildman–Crippen MR) is 73.9 cm³/mol. The van der Waals surface area contributed by atoms with Gasteiger partial charge in [0.2, 0.25) is 0 Å². The van der Waals surface area contributed by atoms with Crippen LogP contribution in [-0.4, -0.2) is 35.8 Å². The number of alkyl halides is 3. The van der Waals surface area contributed by atoms with E-state index in [4.69, 9.17) is 9.15 Å². The number of hydrogen-bond donors (Lipinski definition) is 1. The third-order valence-corrected chi connectivity index (χ3v) is 4.68. The topological polar surface area (TPSA) is 64.4 Å². The number of ether oxygens (including phenoxy) is 1. The highest BCUT2D eigenvalue weighted by molar-refractivity contribution is 5.92. The summed E-state index contributed by atoms with van der Waals surface area (Å²) in [5.74, 6) is -0.992. The highest BCUT2D eigenvalue weighted by atomic mass is 19.4. The van der Waals surface area contributed by atoms with Gasteiger partial charge in [0.1, 0.15) is 11.8 Å². The Morgan fingerprint density at radius 1 is 1.26 bits per heavy atom. The van der Waals surface area contributed by atoms with Crippen LogP contribution >= 0.6 is 0 Å². The number of carbonyl (C=O) groups is 1. The molecule has 5 nitrogen and oxygen atoms in total. The van der Waals surface area contributed by atoms with Crippen LogP contribution in [0.25, 0.3) is 0 Å². The first-order chi connectivity index (χ1) is 10.8. The lowest BCUT2D eigenvalue weighted by atomic mass is 9.94. The Bertz CT molecular complexity index is 577. The predicted octanol–water partition coefficient (Wildman–Crippen LogP) is 3.03. The molecule has 2 heterocycles. The normalized spacial score (nSPS) is 22.6. The van der Waals surface area contributed by atoms with Crippen molar-refractivity contribution in [3.63, 3.8) is 0 Å². The zero-order valence-corrected chi connectivity index (χ0v) is 12.8. The van der Waals surface area contributed by atoms with Crippen molar-refractivity contribution in [1.82, 2.24) is 10.3 Å². The van der Waals surface area contributed by atoms with Gasteiger partial charge in [0, 0.05) is 19.1 Å². The van der Waals surface area contributed by atoms with E-state index < -0.39 is 23.5 Å². The van der Waals surface area contributed by atoms with Crippen LogP contribution in [0, 0.1) is 5.92 Å². The molecule has 1 aliphatic heterocycles. The summed E-state index contributed by atoms with van der Waals surface area (Å²) in [7, 11) is 0. The number of aromatic nitrogens is 1. The second kappa shape index (κ2) is 5.81. The Balaban J connectivity index is 1.71. The fourth-order valence-corrected chi connectivity index (χ4v) is 2.89. The first kappa shape index (κ1) is 16.3. The van der Waals surface area contributed by atoms with Crippen molar-refractivity contribution >= 4 is 5.91 Å². The van der Waals surface area contributed by atoms with E-state index in [1.807, 2.05) is 0 Å². The summed E-state index contributed by atoms with van der Waals surface area (Å²) in [5, 5.41) is 2.12. The van der Waals surface area contributed by atoms with E-state index >= 15 is 0 Å². The van der Waals surface area contributed by atoms with E-state index in [9.17, 15) is 18.0 Å². The van der Waals surface area contributed by atoms with E-state index in [2.05, 4.69) is 10.3 Å². The summed E-state index contributed by atoms with van der Waals surface area (Å²) in [4.78, 5) is 16.3. The Hall–Kier alpha value is -1.57. The van der Waals surface area contributed by atoms with Crippen LogP contribution in [0.3, 0.4) is 0 Å². The number of carbonyl (C=O) groups excluding carboxylic acids is 1. The molecule has 0 bridgehead atoms. The molecular formula is C15H19F3N2O3. The van der Waals surface area contributed by atoms with Crippen LogP contribution in [-0.2, 0) is 4.74 Å². The molecule has 1 amide bonds. The highest BCUT2D eigenvalue weighted by Gasteiger charge is 2.60. The standard InChI is InChI=1S/C15H19F3N2O3/c1-14(10-2-3-10,15(16,17)18)20-12(21)11-8-23-13(19-11)9-4-6-22-7-5-9/h8-10H,2-7H2,1H3,(H,20,21). The van der Waals surface area contributed by atoms with E-state index in [0.717, 1.165) is 26.0 Å². The summed E-state index contributed by atoms with van der Waals surface area (Å²) < 4.78 is 50.4. The van der Waals surface area contributed by atoms with Gasteiger partial charge in [-0.2, -0.15) is 13.2 Å². The second-order valence-electron chi connectivity index (χ2n) is 6.39. The largest absolute Gasteiger partial charge is 0.448 e. The molecule has 3 rings (SSSR count). The molecule has 1 unspecified atom stereocenters. The number of nitrogens with zero attached hydrogens (tertiary/aromatic N) is 1. The maximum Gasteiger partial charge on any atom is 0.411 e. The molecule has 1 aliphatic carbocycles. The maximum absolute atomic E-state index is 13.3. The summed E-state index contributed by atoms with van der Waals surface area (Å²) in [6.07, 6.45) is -1.00. The molecular weight excluding hydrogens is 313 g/mol. The fraction of sp³-hybridized carbons (Fsp3) is 0.733. The van der Waals surface area contributed by atoms with Gasteiger partial charge in [-0.25, -0.2) is 4.98 Å². The minimum atomic E-state index is -4.50. The second-order valence-corrected chi connectivity index (χ2v) is 6.39. The quantitative estimate of drug-likeness (QED) is 0.920. The van der Waals surface area contributed by atoms with E-state index in [0.29, 0.717) is 31.9 Å². The van der Waals surface area contributed by atoms with Gasteiger partial charge in [-0.3, -0.25) is 4.79 Å². The third-order valence-electron chi connectivity index (χ3n) is 4.68. The van der Waals surface area contributed by atoms with Gasteiger partial charge >= 0.3 is 6.18 Å². The fourth-order valence-electron chi connectivity index (χ4n) is 2.89. The van der Waals surface area contributed by atoms with Crippen molar-refractivity contribution in [2.24, 2.45) is 5.92 Å². The lowest BCUT2D eigenvalue weighted by molar-refractivity contribution is -0.194. The van der Waals surface area contributed by atoms with Crippen LogP contribution in [0.2, 0.25) is 0 Å². The summed E-state index contributed by atoms with van der Waals surface area (Å²) in [6, 6.07) is 0. The molecule has 23 heavy (non-hydrogen) atoms. The van der Waals surface area contributed by atoms with Crippen LogP contribution < -0.4 is 5.32 Å². The summed E-state index contributed by atoms with van der Waals surface area (Å²) >= 11 is 0. The molecule has 1 N–H and O–H groups in total. The van der Waals surface area contributed by atoms with Crippen LogP contribution in [0.1, 0.15) is 54.9 Å². The molecule has 1 aromatic rings. The lowest BCUT2D eigenvalue weighted by Gasteiger charge is -2.32. The van der Waals surface area contributed by atoms with Gasteiger partial charge in [-0.1, -0.05) is 0 Å². The Labute approximate surface area is 131 Å². The molecule has 0 aromatic carbocycles. The molecule has 1 saturated heterocycles. The molecule has 0 spiro atoms. The van der Waals surface area contributed by atoms with Crippen molar-refractivity contribution in [3.8, 4) is 0 Å². The smallest absolute Gasteiger partial charge is 0.411 e. The summed E-state index contributed by atoms with van der Waals surface area (Å²) in [5.41, 5.74) is -2.33. The average molecular weight is 332 g/mol. The molecule has 8 heteroatoms. The van der Waals surface area contributed by atoms with Gasteiger partial charge in [-0.15, -0.1) is 0 Å².